The van der Waals surface area contributed by atoms with E-state index < -0.39 is 0 Å². The first-order chi connectivity index (χ1) is 10.1. The van der Waals surface area contributed by atoms with Gasteiger partial charge in [-0.1, -0.05) is 29.8 Å². The number of nitrogens with two attached hydrogens (primary N) is 1. The van der Waals surface area contributed by atoms with Gasteiger partial charge in [0.2, 0.25) is 0 Å². The van der Waals surface area contributed by atoms with Crippen LogP contribution in [0.2, 0.25) is 5.02 Å². The van der Waals surface area contributed by atoms with E-state index in [9.17, 15) is 0 Å². The van der Waals surface area contributed by atoms with Crippen LogP contribution in [0.5, 0.6) is 11.5 Å². The summed E-state index contributed by atoms with van der Waals surface area (Å²) in [5.74, 6) is 1.39. The molecule has 0 aliphatic carbocycles. The molecule has 112 valence electrons. The monoisotopic (exact) mass is 305 g/mol. The van der Waals surface area contributed by atoms with Crippen molar-refractivity contribution < 1.29 is 9.47 Å². The maximum Gasteiger partial charge on any atom is 0.146 e. The molecule has 0 aliphatic heterocycles. The van der Waals surface area contributed by atoms with E-state index >= 15 is 0 Å². The molecular weight excluding hydrogens is 286 g/mol. The first-order valence-corrected chi connectivity index (χ1v) is 7.28. The highest BCUT2D eigenvalue weighted by Crippen LogP contribution is 2.31. The molecule has 2 rings (SSSR count). The first kappa shape index (κ1) is 15.8. The molecule has 2 aromatic carbocycles. The van der Waals surface area contributed by atoms with Gasteiger partial charge >= 0.3 is 0 Å². The van der Waals surface area contributed by atoms with Gasteiger partial charge in [0.1, 0.15) is 11.5 Å². The van der Waals surface area contributed by atoms with Crippen molar-refractivity contribution in [3.63, 3.8) is 0 Å². The number of hydrogen-bond donors (Lipinski definition) is 1. The Kier molecular flexibility index (Phi) is 5.62. The van der Waals surface area contributed by atoms with Crippen LogP contribution in [0.1, 0.15) is 24.1 Å². The van der Waals surface area contributed by atoms with Crippen LogP contribution in [-0.4, -0.2) is 13.7 Å². The maximum atomic E-state index is 6.23. The van der Waals surface area contributed by atoms with Crippen LogP contribution in [0.3, 0.4) is 0 Å². The second-order valence-electron chi connectivity index (χ2n) is 4.97. The summed E-state index contributed by atoms with van der Waals surface area (Å²) in [5, 5.41) is 0.563. The average Bonchev–Trinajstić information content (AvgIpc) is 2.48. The van der Waals surface area contributed by atoms with Crippen LogP contribution in [0.15, 0.2) is 42.5 Å². The van der Waals surface area contributed by atoms with Crippen molar-refractivity contribution in [2.75, 3.05) is 13.7 Å². The topological polar surface area (TPSA) is 44.5 Å². The molecule has 3 nitrogen and oxygen atoms in total. The zero-order valence-corrected chi connectivity index (χ0v) is 13.1. The summed E-state index contributed by atoms with van der Waals surface area (Å²) in [6.07, 6.45) is 0.890. The predicted octanol–water partition coefficient (Wildman–Crippen LogP) is 4.34. The van der Waals surface area contributed by atoms with Gasteiger partial charge in [-0.3, -0.25) is 0 Å². The van der Waals surface area contributed by atoms with Crippen LogP contribution in [0, 0.1) is 0 Å². The summed E-state index contributed by atoms with van der Waals surface area (Å²) in [5.41, 5.74) is 8.03. The quantitative estimate of drug-likeness (QED) is 0.863. The van der Waals surface area contributed by atoms with E-state index in [2.05, 4.69) is 0 Å². The van der Waals surface area contributed by atoms with E-state index in [4.69, 9.17) is 26.8 Å². The Morgan fingerprint density at radius 1 is 1.14 bits per heavy atom. The molecule has 0 amide bonds. The standard InChI is InChI=1S/C17H20ClNO2/c1-12(19)14-5-8-17(16(18)11-14)21-15-6-3-13(4-7-15)9-10-20-2/h3-8,11-12H,9-10,19H2,1-2H3. The molecule has 2 aromatic rings. The third-order valence-electron chi connectivity index (χ3n) is 3.23. The van der Waals surface area contributed by atoms with Gasteiger partial charge < -0.3 is 15.2 Å². The number of ether oxygens (including phenoxy) is 2. The fourth-order valence-corrected chi connectivity index (χ4v) is 2.18. The summed E-state index contributed by atoms with van der Waals surface area (Å²) >= 11 is 6.23. The minimum absolute atomic E-state index is 0.0448. The normalized spacial score (nSPS) is 12.2. The molecule has 0 fully saturated rings. The lowest BCUT2D eigenvalue weighted by atomic mass is 10.1. The molecule has 0 bridgehead atoms. The van der Waals surface area contributed by atoms with Gasteiger partial charge in [0, 0.05) is 13.2 Å². The molecule has 21 heavy (non-hydrogen) atoms. The summed E-state index contributed by atoms with van der Waals surface area (Å²) in [6.45, 7) is 2.63. The number of hydrogen-bond acceptors (Lipinski definition) is 3. The van der Waals surface area contributed by atoms with E-state index in [1.165, 1.54) is 5.56 Å². The predicted molar refractivity (Wildman–Crippen MR) is 86.2 cm³/mol. The zero-order chi connectivity index (χ0) is 15.2. The highest BCUT2D eigenvalue weighted by Gasteiger charge is 2.07. The first-order valence-electron chi connectivity index (χ1n) is 6.91. The van der Waals surface area contributed by atoms with Crippen LogP contribution in [-0.2, 0) is 11.2 Å². The van der Waals surface area contributed by atoms with E-state index in [-0.39, 0.29) is 6.04 Å². The lowest BCUT2D eigenvalue weighted by Gasteiger charge is -2.11. The molecule has 2 N–H and O–H groups in total. The maximum absolute atomic E-state index is 6.23. The van der Waals surface area contributed by atoms with Gasteiger partial charge in [-0.25, -0.2) is 0 Å². The zero-order valence-electron chi connectivity index (χ0n) is 12.3. The van der Waals surface area contributed by atoms with Crippen LogP contribution in [0.4, 0.5) is 0 Å². The molecule has 1 unspecified atom stereocenters. The Hall–Kier alpha value is -1.55. The van der Waals surface area contributed by atoms with Crippen LogP contribution < -0.4 is 10.5 Å². The Morgan fingerprint density at radius 3 is 2.43 bits per heavy atom. The molecule has 0 saturated carbocycles. The van der Waals surface area contributed by atoms with Crippen molar-refractivity contribution in [1.29, 1.82) is 0 Å². The highest BCUT2D eigenvalue weighted by molar-refractivity contribution is 6.32. The van der Waals surface area contributed by atoms with Gasteiger partial charge in [-0.05, 0) is 48.7 Å². The summed E-state index contributed by atoms with van der Waals surface area (Å²) in [4.78, 5) is 0. The van der Waals surface area contributed by atoms with Crippen molar-refractivity contribution in [3.8, 4) is 11.5 Å². The van der Waals surface area contributed by atoms with Gasteiger partial charge in [0.05, 0.1) is 11.6 Å². The van der Waals surface area contributed by atoms with E-state index in [1.54, 1.807) is 7.11 Å². The molecule has 1 atom stereocenters. The third-order valence-corrected chi connectivity index (χ3v) is 3.52. The lowest BCUT2D eigenvalue weighted by Crippen LogP contribution is -2.04. The number of rotatable bonds is 6. The van der Waals surface area contributed by atoms with Gasteiger partial charge in [-0.15, -0.1) is 0 Å². The van der Waals surface area contributed by atoms with Crippen molar-refractivity contribution in [2.45, 2.75) is 19.4 Å². The molecule has 4 heteroatoms. The Morgan fingerprint density at radius 2 is 1.86 bits per heavy atom. The molecule has 0 radical (unpaired) electrons. The van der Waals surface area contributed by atoms with Crippen LogP contribution in [0.25, 0.3) is 0 Å². The van der Waals surface area contributed by atoms with Crippen molar-refractivity contribution in [1.82, 2.24) is 0 Å². The summed E-state index contributed by atoms with van der Waals surface area (Å²) in [6, 6.07) is 13.5. The third kappa shape index (κ3) is 4.46. The number of halogens is 1. The number of benzene rings is 2. The lowest BCUT2D eigenvalue weighted by molar-refractivity contribution is 0.202. The number of methoxy groups -OCH3 is 1. The summed E-state index contributed by atoms with van der Waals surface area (Å²) in [7, 11) is 1.70. The average molecular weight is 306 g/mol. The second-order valence-corrected chi connectivity index (χ2v) is 5.37. The summed E-state index contributed by atoms with van der Waals surface area (Å²) < 4.78 is 10.9. The van der Waals surface area contributed by atoms with E-state index in [1.807, 2.05) is 49.4 Å². The van der Waals surface area contributed by atoms with Gasteiger partial charge in [0.15, 0.2) is 0 Å². The minimum atomic E-state index is -0.0448. The van der Waals surface area contributed by atoms with Crippen LogP contribution >= 0.6 is 11.6 Å². The van der Waals surface area contributed by atoms with E-state index in [0.29, 0.717) is 17.4 Å². The minimum Gasteiger partial charge on any atom is -0.456 e. The van der Waals surface area contributed by atoms with Crippen molar-refractivity contribution in [2.24, 2.45) is 5.73 Å². The molecular formula is C17H20ClNO2. The SMILES string of the molecule is COCCc1ccc(Oc2ccc(C(C)N)cc2Cl)cc1. The highest BCUT2D eigenvalue weighted by atomic mass is 35.5. The van der Waals surface area contributed by atoms with Crippen molar-refractivity contribution >= 4 is 11.6 Å². The van der Waals surface area contributed by atoms with Crippen molar-refractivity contribution in [3.05, 3.63) is 58.6 Å². The molecule has 0 saturated heterocycles. The van der Waals surface area contributed by atoms with E-state index in [0.717, 1.165) is 17.7 Å². The van der Waals surface area contributed by atoms with Gasteiger partial charge in [0.25, 0.3) is 0 Å². The fraction of sp³-hybridized carbons (Fsp3) is 0.294. The molecule has 0 heterocycles. The Labute approximate surface area is 130 Å². The Balaban J connectivity index is 2.07. The van der Waals surface area contributed by atoms with Gasteiger partial charge in [-0.2, -0.15) is 0 Å². The second kappa shape index (κ2) is 7.46. The largest absolute Gasteiger partial charge is 0.456 e. The fourth-order valence-electron chi connectivity index (χ4n) is 1.95. The smallest absolute Gasteiger partial charge is 0.146 e. The molecule has 0 spiro atoms. The molecule has 0 aliphatic rings. The Bertz CT molecular complexity index is 582. The molecule has 0 aromatic heterocycles.